The van der Waals surface area contributed by atoms with Crippen LogP contribution in [0.4, 0.5) is 4.39 Å². The van der Waals surface area contributed by atoms with Gasteiger partial charge in [0.25, 0.3) is 5.91 Å². The van der Waals surface area contributed by atoms with Crippen LogP contribution in [0.3, 0.4) is 0 Å². The number of nitrogens with one attached hydrogen (secondary N) is 1. The first-order chi connectivity index (χ1) is 11.5. The van der Waals surface area contributed by atoms with Crippen molar-refractivity contribution in [3.8, 4) is 5.75 Å². The molecule has 0 aliphatic carbocycles. The maximum absolute atomic E-state index is 12.8. The van der Waals surface area contributed by atoms with Crippen LogP contribution in [0, 0.1) is 5.82 Å². The van der Waals surface area contributed by atoms with Crippen molar-refractivity contribution in [2.75, 3.05) is 6.54 Å². The van der Waals surface area contributed by atoms with Crippen molar-refractivity contribution >= 4 is 5.91 Å². The summed E-state index contributed by atoms with van der Waals surface area (Å²) in [4.78, 5) is 12.1. The lowest BCUT2D eigenvalue weighted by Gasteiger charge is -2.15. The molecule has 2 rings (SSSR count). The number of hydrogen-bond acceptors (Lipinski definition) is 2. The van der Waals surface area contributed by atoms with Gasteiger partial charge in [0.1, 0.15) is 11.6 Å². The third-order valence-electron chi connectivity index (χ3n) is 3.86. The van der Waals surface area contributed by atoms with E-state index in [0.29, 0.717) is 24.6 Å². The maximum Gasteiger partial charge on any atom is 0.260 e. The highest BCUT2D eigenvalue weighted by molar-refractivity contribution is 5.80. The number of hydrogen-bond donors (Lipinski definition) is 1. The first kappa shape index (κ1) is 18.0. The Hall–Kier alpha value is -2.36. The summed E-state index contributed by atoms with van der Waals surface area (Å²) in [6, 6.07) is 14.1. The molecule has 1 atom stereocenters. The van der Waals surface area contributed by atoms with E-state index in [2.05, 4.69) is 19.2 Å². The molecule has 128 valence electrons. The molecule has 1 N–H and O–H groups in total. The molecule has 0 saturated carbocycles. The number of ether oxygens (including phenoxy) is 1. The number of carbonyl (C=O) groups is 1. The van der Waals surface area contributed by atoms with Crippen LogP contribution in [0.15, 0.2) is 48.5 Å². The largest absolute Gasteiger partial charge is 0.481 e. The zero-order valence-electron chi connectivity index (χ0n) is 14.4. The van der Waals surface area contributed by atoms with E-state index in [1.54, 1.807) is 19.1 Å². The molecule has 0 bridgehead atoms. The van der Waals surface area contributed by atoms with Gasteiger partial charge in [0, 0.05) is 6.54 Å². The number of halogens is 1. The summed E-state index contributed by atoms with van der Waals surface area (Å²) < 4.78 is 18.5. The lowest BCUT2D eigenvalue weighted by atomic mass is 10.0. The van der Waals surface area contributed by atoms with Crippen molar-refractivity contribution < 1.29 is 13.9 Å². The highest BCUT2D eigenvalue weighted by Gasteiger charge is 2.14. The molecule has 24 heavy (non-hydrogen) atoms. The number of rotatable bonds is 7. The Labute approximate surface area is 142 Å². The zero-order chi connectivity index (χ0) is 17.5. The van der Waals surface area contributed by atoms with Crippen molar-refractivity contribution in [1.29, 1.82) is 0 Å². The van der Waals surface area contributed by atoms with Crippen molar-refractivity contribution in [1.82, 2.24) is 5.32 Å². The Bertz CT molecular complexity index is 650. The average Bonchev–Trinajstić information content (AvgIpc) is 2.57. The third kappa shape index (κ3) is 5.37. The Kier molecular flexibility index (Phi) is 6.36. The number of amides is 1. The number of benzene rings is 2. The van der Waals surface area contributed by atoms with Gasteiger partial charge >= 0.3 is 0 Å². The summed E-state index contributed by atoms with van der Waals surface area (Å²) in [5, 5.41) is 2.84. The van der Waals surface area contributed by atoms with Gasteiger partial charge in [-0.15, -0.1) is 0 Å². The molecule has 2 aromatic rings. The van der Waals surface area contributed by atoms with Gasteiger partial charge < -0.3 is 10.1 Å². The second-order valence-electron chi connectivity index (χ2n) is 6.15. The third-order valence-corrected chi connectivity index (χ3v) is 3.86. The smallest absolute Gasteiger partial charge is 0.260 e. The van der Waals surface area contributed by atoms with E-state index in [0.717, 1.165) is 5.56 Å². The highest BCUT2D eigenvalue weighted by atomic mass is 19.1. The summed E-state index contributed by atoms with van der Waals surface area (Å²) in [5.41, 5.74) is 2.22. The predicted octanol–water partition coefficient (Wildman–Crippen LogP) is 4.08. The van der Waals surface area contributed by atoms with Crippen LogP contribution in [-0.2, 0) is 11.2 Å². The Morgan fingerprint density at radius 3 is 2.25 bits per heavy atom. The molecular weight excluding hydrogens is 305 g/mol. The molecule has 0 aliphatic heterocycles. The Morgan fingerprint density at radius 2 is 1.67 bits per heavy atom. The molecule has 1 amide bonds. The second kappa shape index (κ2) is 8.48. The summed E-state index contributed by atoms with van der Waals surface area (Å²) in [6.07, 6.45) is 0.0880. The van der Waals surface area contributed by atoms with Crippen LogP contribution in [0.5, 0.6) is 5.75 Å². The van der Waals surface area contributed by atoms with Crippen molar-refractivity contribution in [3.63, 3.8) is 0 Å². The molecule has 0 aliphatic rings. The minimum atomic E-state index is -0.567. The lowest BCUT2D eigenvalue weighted by molar-refractivity contribution is -0.127. The molecule has 4 heteroatoms. The maximum atomic E-state index is 12.8. The Morgan fingerprint density at radius 1 is 1.04 bits per heavy atom. The molecule has 1 unspecified atom stereocenters. The summed E-state index contributed by atoms with van der Waals surface area (Å²) in [7, 11) is 0. The van der Waals surface area contributed by atoms with E-state index >= 15 is 0 Å². The van der Waals surface area contributed by atoms with Gasteiger partial charge in [-0.2, -0.15) is 0 Å². The number of carbonyl (C=O) groups excluding carboxylic acids is 1. The van der Waals surface area contributed by atoms with Crippen molar-refractivity contribution in [3.05, 3.63) is 65.5 Å². The SMILES string of the molecule is CC(Oc1ccc(C(C)C)cc1)C(=O)NCCc1ccc(F)cc1. The Balaban J connectivity index is 1.78. The minimum absolute atomic E-state index is 0.162. The van der Waals surface area contributed by atoms with Crippen molar-refractivity contribution in [2.45, 2.75) is 39.2 Å². The average molecular weight is 329 g/mol. The molecule has 0 fully saturated rings. The molecule has 0 aromatic heterocycles. The molecule has 0 heterocycles. The first-order valence-corrected chi connectivity index (χ1v) is 8.24. The van der Waals surface area contributed by atoms with Crippen molar-refractivity contribution in [2.24, 2.45) is 0 Å². The quantitative estimate of drug-likeness (QED) is 0.831. The molecular formula is C20H24FNO2. The fourth-order valence-corrected chi connectivity index (χ4v) is 2.31. The van der Waals surface area contributed by atoms with Gasteiger partial charge in [-0.25, -0.2) is 4.39 Å². The van der Waals surface area contributed by atoms with Gasteiger partial charge in [-0.1, -0.05) is 38.1 Å². The van der Waals surface area contributed by atoms with Crippen LogP contribution in [0.2, 0.25) is 0 Å². The van der Waals surface area contributed by atoms with Gasteiger partial charge in [-0.3, -0.25) is 4.79 Å². The predicted molar refractivity (Wildman–Crippen MR) is 93.7 cm³/mol. The molecule has 2 aromatic carbocycles. The second-order valence-corrected chi connectivity index (χ2v) is 6.15. The lowest BCUT2D eigenvalue weighted by Crippen LogP contribution is -2.37. The fourth-order valence-electron chi connectivity index (χ4n) is 2.31. The zero-order valence-corrected chi connectivity index (χ0v) is 14.4. The van der Waals surface area contributed by atoms with E-state index in [1.807, 2.05) is 24.3 Å². The van der Waals surface area contributed by atoms with Gasteiger partial charge in [-0.05, 0) is 54.7 Å². The summed E-state index contributed by atoms with van der Waals surface area (Å²) >= 11 is 0. The minimum Gasteiger partial charge on any atom is -0.481 e. The topological polar surface area (TPSA) is 38.3 Å². The van der Waals surface area contributed by atoms with Gasteiger partial charge in [0.15, 0.2) is 6.10 Å². The summed E-state index contributed by atoms with van der Waals surface area (Å²) in [6.45, 7) is 6.48. The van der Waals surface area contributed by atoms with Crippen LogP contribution in [0.25, 0.3) is 0 Å². The van der Waals surface area contributed by atoms with Crippen LogP contribution < -0.4 is 10.1 Å². The molecule has 3 nitrogen and oxygen atoms in total. The van der Waals surface area contributed by atoms with Crippen LogP contribution >= 0.6 is 0 Å². The van der Waals surface area contributed by atoms with Gasteiger partial charge in [0.05, 0.1) is 0 Å². The normalized spacial score (nSPS) is 12.0. The fraction of sp³-hybridized carbons (Fsp3) is 0.350. The van der Waals surface area contributed by atoms with E-state index in [-0.39, 0.29) is 11.7 Å². The molecule has 0 radical (unpaired) electrons. The molecule has 0 saturated heterocycles. The van der Waals surface area contributed by atoms with E-state index in [4.69, 9.17) is 4.74 Å². The summed E-state index contributed by atoms with van der Waals surface area (Å²) in [5.74, 6) is 0.727. The van der Waals surface area contributed by atoms with Crippen LogP contribution in [0.1, 0.15) is 37.8 Å². The van der Waals surface area contributed by atoms with Crippen LogP contribution in [-0.4, -0.2) is 18.6 Å². The molecule has 0 spiro atoms. The van der Waals surface area contributed by atoms with E-state index in [1.165, 1.54) is 17.7 Å². The van der Waals surface area contributed by atoms with E-state index < -0.39 is 6.10 Å². The highest BCUT2D eigenvalue weighted by Crippen LogP contribution is 2.19. The van der Waals surface area contributed by atoms with Gasteiger partial charge in [0.2, 0.25) is 0 Å². The first-order valence-electron chi connectivity index (χ1n) is 8.24. The standard InChI is InChI=1S/C20H24FNO2/c1-14(2)17-6-10-19(11-7-17)24-15(3)20(23)22-13-12-16-4-8-18(21)9-5-16/h4-11,14-15H,12-13H2,1-3H3,(H,22,23). The monoisotopic (exact) mass is 329 g/mol. The van der Waals surface area contributed by atoms with E-state index in [9.17, 15) is 9.18 Å².